The van der Waals surface area contributed by atoms with E-state index in [1.54, 1.807) is 0 Å². The molecule has 0 bridgehead atoms. The molecule has 116 valence electrons. The van der Waals surface area contributed by atoms with Crippen molar-refractivity contribution in [1.29, 1.82) is 0 Å². The Morgan fingerprint density at radius 3 is 2.62 bits per heavy atom. The molecule has 0 spiro atoms. The summed E-state index contributed by atoms with van der Waals surface area (Å²) in [7, 11) is -2.86. The maximum absolute atomic E-state index is 11.4. The molecule has 1 aromatic carbocycles. The van der Waals surface area contributed by atoms with Crippen LogP contribution in [0.3, 0.4) is 0 Å². The fraction of sp³-hybridized carbons (Fsp3) is 0.500. The van der Waals surface area contributed by atoms with Gasteiger partial charge in [0.25, 0.3) is 0 Å². The number of amides is 1. The standard InChI is InChI=1S/C14H20N2O4S/c15-14(17)5-8-20-13-4-2-1-3-12(13)16-11-6-9-21(18,19)10-7-11/h1-4,11,16H,5-10H2,(H2,15,17). The molecule has 21 heavy (non-hydrogen) atoms. The van der Waals surface area contributed by atoms with Crippen LogP contribution in [0.25, 0.3) is 0 Å². The number of hydrogen-bond acceptors (Lipinski definition) is 5. The lowest BCUT2D eigenvalue weighted by Gasteiger charge is -2.25. The van der Waals surface area contributed by atoms with Gasteiger partial charge in [-0.3, -0.25) is 4.79 Å². The van der Waals surface area contributed by atoms with Gasteiger partial charge >= 0.3 is 0 Å². The van der Waals surface area contributed by atoms with E-state index in [-0.39, 0.29) is 30.6 Å². The lowest BCUT2D eigenvalue weighted by Crippen LogP contribution is -2.32. The second-order valence-electron chi connectivity index (χ2n) is 5.13. The topological polar surface area (TPSA) is 98.5 Å². The van der Waals surface area contributed by atoms with Crippen LogP contribution in [0.5, 0.6) is 5.75 Å². The summed E-state index contributed by atoms with van der Waals surface area (Å²) in [5, 5.41) is 3.32. The molecule has 6 nitrogen and oxygen atoms in total. The van der Waals surface area contributed by atoms with E-state index in [4.69, 9.17) is 10.5 Å². The summed E-state index contributed by atoms with van der Waals surface area (Å²) < 4.78 is 28.4. The summed E-state index contributed by atoms with van der Waals surface area (Å²) in [5.74, 6) is 0.676. The van der Waals surface area contributed by atoms with Crippen LogP contribution in [0.1, 0.15) is 19.3 Å². The number of nitrogens with two attached hydrogens (primary N) is 1. The summed E-state index contributed by atoms with van der Waals surface area (Å²) >= 11 is 0. The number of benzene rings is 1. The highest BCUT2D eigenvalue weighted by Gasteiger charge is 2.23. The average Bonchev–Trinajstić information content (AvgIpc) is 2.42. The van der Waals surface area contributed by atoms with Crippen LogP contribution in [-0.2, 0) is 14.6 Å². The number of ether oxygens (including phenoxy) is 1. The Morgan fingerprint density at radius 1 is 1.29 bits per heavy atom. The van der Waals surface area contributed by atoms with Gasteiger partial charge in [0.2, 0.25) is 5.91 Å². The van der Waals surface area contributed by atoms with Crippen LogP contribution in [0.15, 0.2) is 24.3 Å². The Kier molecular flexibility index (Phi) is 5.06. The highest BCUT2D eigenvalue weighted by atomic mass is 32.2. The zero-order chi connectivity index (χ0) is 15.3. The molecule has 1 heterocycles. The molecule has 0 saturated carbocycles. The molecular formula is C14H20N2O4S. The van der Waals surface area contributed by atoms with Gasteiger partial charge in [0, 0.05) is 6.04 Å². The van der Waals surface area contributed by atoms with Gasteiger partial charge in [-0.05, 0) is 25.0 Å². The smallest absolute Gasteiger partial charge is 0.220 e. The first kappa shape index (κ1) is 15.6. The number of primary amides is 1. The predicted molar refractivity (Wildman–Crippen MR) is 81.0 cm³/mol. The molecule has 0 radical (unpaired) electrons. The molecule has 3 N–H and O–H groups in total. The highest BCUT2D eigenvalue weighted by molar-refractivity contribution is 7.91. The number of hydrogen-bond donors (Lipinski definition) is 2. The minimum Gasteiger partial charge on any atom is -0.491 e. The fourth-order valence-electron chi connectivity index (χ4n) is 2.23. The van der Waals surface area contributed by atoms with E-state index in [9.17, 15) is 13.2 Å². The zero-order valence-corrected chi connectivity index (χ0v) is 12.6. The van der Waals surface area contributed by atoms with Gasteiger partial charge in [-0.2, -0.15) is 0 Å². The Hall–Kier alpha value is -1.76. The van der Waals surface area contributed by atoms with E-state index < -0.39 is 15.7 Å². The number of carbonyl (C=O) groups is 1. The highest BCUT2D eigenvalue weighted by Crippen LogP contribution is 2.27. The van der Waals surface area contributed by atoms with E-state index in [2.05, 4.69) is 5.32 Å². The lowest BCUT2D eigenvalue weighted by atomic mass is 10.1. The molecule has 0 aromatic heterocycles. The van der Waals surface area contributed by atoms with Crippen molar-refractivity contribution < 1.29 is 17.9 Å². The van der Waals surface area contributed by atoms with E-state index in [0.717, 1.165) is 5.69 Å². The summed E-state index contributed by atoms with van der Waals surface area (Å²) in [4.78, 5) is 10.7. The average molecular weight is 312 g/mol. The molecule has 1 amide bonds. The minimum absolute atomic E-state index is 0.120. The second-order valence-corrected chi connectivity index (χ2v) is 7.44. The van der Waals surface area contributed by atoms with Crippen LogP contribution in [0.4, 0.5) is 5.69 Å². The maximum atomic E-state index is 11.4. The Labute approximate surface area is 124 Å². The third-order valence-corrected chi connectivity index (χ3v) is 5.12. The van der Waals surface area contributed by atoms with Crippen LogP contribution >= 0.6 is 0 Å². The van der Waals surface area contributed by atoms with E-state index in [1.165, 1.54) is 0 Å². The summed E-state index contributed by atoms with van der Waals surface area (Å²) in [6, 6.07) is 7.53. The fourth-order valence-corrected chi connectivity index (χ4v) is 3.72. The molecule has 1 saturated heterocycles. The number of carbonyl (C=O) groups excluding carboxylic acids is 1. The summed E-state index contributed by atoms with van der Waals surface area (Å²) in [6.07, 6.45) is 1.35. The van der Waals surface area contributed by atoms with E-state index >= 15 is 0 Å². The number of sulfone groups is 1. The first-order valence-electron chi connectivity index (χ1n) is 6.93. The first-order valence-corrected chi connectivity index (χ1v) is 8.75. The Balaban J connectivity index is 1.95. The van der Waals surface area contributed by atoms with Gasteiger partial charge in [-0.1, -0.05) is 12.1 Å². The molecule has 1 aliphatic heterocycles. The van der Waals surface area contributed by atoms with Crippen molar-refractivity contribution in [2.75, 3.05) is 23.4 Å². The van der Waals surface area contributed by atoms with Crippen molar-refractivity contribution in [3.63, 3.8) is 0 Å². The van der Waals surface area contributed by atoms with Gasteiger partial charge in [0.1, 0.15) is 15.6 Å². The predicted octanol–water partition coefficient (Wildman–Crippen LogP) is 0.930. The van der Waals surface area contributed by atoms with Crippen LogP contribution in [0, 0.1) is 0 Å². The SMILES string of the molecule is NC(=O)CCOc1ccccc1NC1CCS(=O)(=O)CC1. The number of rotatable bonds is 6. The molecule has 1 aliphatic rings. The molecule has 0 atom stereocenters. The maximum Gasteiger partial charge on any atom is 0.220 e. The van der Waals surface area contributed by atoms with Crippen LogP contribution in [0.2, 0.25) is 0 Å². The van der Waals surface area contributed by atoms with Gasteiger partial charge in [0.15, 0.2) is 0 Å². The largest absolute Gasteiger partial charge is 0.491 e. The van der Waals surface area contributed by atoms with Crippen LogP contribution < -0.4 is 15.8 Å². The molecule has 7 heteroatoms. The van der Waals surface area contributed by atoms with E-state index in [1.807, 2.05) is 24.3 Å². The third-order valence-electron chi connectivity index (χ3n) is 3.41. The normalized spacial score (nSPS) is 18.1. The first-order chi connectivity index (χ1) is 9.96. The van der Waals surface area contributed by atoms with Gasteiger partial charge in [-0.25, -0.2) is 8.42 Å². The Bertz CT molecular complexity index is 587. The lowest BCUT2D eigenvalue weighted by molar-refractivity contribution is -0.118. The third kappa shape index (κ3) is 4.93. The summed E-state index contributed by atoms with van der Waals surface area (Å²) in [6.45, 7) is 0.229. The minimum atomic E-state index is -2.86. The van der Waals surface area contributed by atoms with Crippen molar-refractivity contribution in [2.45, 2.75) is 25.3 Å². The molecule has 1 aromatic rings. The molecule has 1 fully saturated rings. The Morgan fingerprint density at radius 2 is 1.95 bits per heavy atom. The van der Waals surface area contributed by atoms with Crippen LogP contribution in [-0.4, -0.2) is 38.5 Å². The van der Waals surface area contributed by atoms with Crippen molar-refractivity contribution in [3.8, 4) is 5.75 Å². The number of nitrogens with one attached hydrogen (secondary N) is 1. The van der Waals surface area contributed by atoms with Gasteiger partial charge < -0.3 is 15.8 Å². The molecule has 2 rings (SSSR count). The van der Waals surface area contributed by atoms with Crippen molar-refractivity contribution in [2.24, 2.45) is 5.73 Å². The quantitative estimate of drug-likeness (QED) is 0.814. The number of para-hydroxylation sites is 2. The second kappa shape index (κ2) is 6.80. The number of anilines is 1. The monoisotopic (exact) mass is 312 g/mol. The van der Waals surface area contributed by atoms with Crippen molar-refractivity contribution >= 4 is 21.4 Å². The van der Waals surface area contributed by atoms with Gasteiger partial charge in [-0.15, -0.1) is 0 Å². The molecule has 0 unspecified atom stereocenters. The zero-order valence-electron chi connectivity index (χ0n) is 11.7. The van der Waals surface area contributed by atoms with Crippen molar-refractivity contribution in [3.05, 3.63) is 24.3 Å². The van der Waals surface area contributed by atoms with E-state index in [0.29, 0.717) is 18.6 Å². The molecular weight excluding hydrogens is 292 g/mol. The molecule has 0 aliphatic carbocycles. The summed E-state index contributed by atoms with van der Waals surface area (Å²) in [5.41, 5.74) is 5.89. The van der Waals surface area contributed by atoms with Crippen molar-refractivity contribution in [1.82, 2.24) is 0 Å². The van der Waals surface area contributed by atoms with Gasteiger partial charge in [0.05, 0.1) is 30.2 Å².